The first-order valence-electron chi connectivity index (χ1n) is 8.40. The highest BCUT2D eigenvalue weighted by Crippen LogP contribution is 2.32. The summed E-state index contributed by atoms with van der Waals surface area (Å²) in [5, 5.41) is 20.9. The molecule has 0 saturated carbocycles. The van der Waals surface area contributed by atoms with E-state index in [1.807, 2.05) is 0 Å². The summed E-state index contributed by atoms with van der Waals surface area (Å²) in [7, 11) is 0. The summed E-state index contributed by atoms with van der Waals surface area (Å²) < 4.78 is 38.2. The van der Waals surface area contributed by atoms with Crippen molar-refractivity contribution in [3.8, 4) is 11.3 Å². The first-order chi connectivity index (χ1) is 13.7. The number of nitrogens with zero attached hydrogens (tertiary/aromatic N) is 2. The first-order valence-corrected chi connectivity index (χ1v) is 8.40. The van der Waals surface area contributed by atoms with Crippen molar-refractivity contribution in [2.24, 2.45) is 0 Å². The fourth-order valence-electron chi connectivity index (χ4n) is 2.76. The third kappa shape index (κ3) is 4.42. The number of aromatic amines is 1. The van der Waals surface area contributed by atoms with Gasteiger partial charge in [-0.05, 0) is 31.2 Å². The number of halogens is 3. The smallest absolute Gasteiger partial charge is 0.375 e. The predicted molar refractivity (Wildman–Crippen MR) is 99.5 cm³/mol. The fraction of sp³-hybridized carbons (Fsp3) is 0.158. The number of nitro benzene ring substituents is 1. The number of aromatic nitrogens is 2. The van der Waals surface area contributed by atoms with Crippen LogP contribution < -0.4 is 5.32 Å². The summed E-state index contributed by atoms with van der Waals surface area (Å²) in [6.45, 7) is 1.45. The minimum atomic E-state index is -4.43. The zero-order valence-electron chi connectivity index (χ0n) is 15.1. The van der Waals surface area contributed by atoms with Crippen LogP contribution in [0.4, 0.5) is 24.5 Å². The van der Waals surface area contributed by atoms with Gasteiger partial charge in [0, 0.05) is 35.5 Å². The van der Waals surface area contributed by atoms with Crippen LogP contribution >= 0.6 is 0 Å². The van der Waals surface area contributed by atoms with Gasteiger partial charge in [-0.15, -0.1) is 0 Å². The standard InChI is InChI=1S/C19H15F3N4O3/c1-11(27)13-4-7-16(17(8-13)26(28)29)23-9-14-10-24-25-18(14)12-2-5-15(6-3-12)19(20,21)22/h2-8,10,23H,9H2,1H3,(H,24,25). The van der Waals surface area contributed by atoms with Crippen molar-refractivity contribution in [1.29, 1.82) is 0 Å². The van der Waals surface area contributed by atoms with Crippen LogP contribution in [0.25, 0.3) is 11.3 Å². The summed E-state index contributed by atoms with van der Waals surface area (Å²) in [6.07, 6.45) is -2.88. The molecule has 2 N–H and O–H groups in total. The van der Waals surface area contributed by atoms with Gasteiger partial charge in [0.15, 0.2) is 5.78 Å². The van der Waals surface area contributed by atoms with Gasteiger partial charge in [0.2, 0.25) is 0 Å². The van der Waals surface area contributed by atoms with Gasteiger partial charge in [-0.2, -0.15) is 18.3 Å². The summed E-state index contributed by atoms with van der Waals surface area (Å²) >= 11 is 0. The molecule has 7 nitrogen and oxygen atoms in total. The Morgan fingerprint density at radius 1 is 1.21 bits per heavy atom. The Bertz CT molecular complexity index is 1060. The molecule has 1 aromatic heterocycles. The van der Waals surface area contributed by atoms with Crippen molar-refractivity contribution in [2.75, 3.05) is 5.32 Å². The second kappa shape index (κ2) is 7.74. The van der Waals surface area contributed by atoms with Crippen LogP contribution in [0.2, 0.25) is 0 Å². The number of anilines is 1. The molecule has 3 aromatic rings. The molecule has 0 aliphatic heterocycles. The van der Waals surface area contributed by atoms with E-state index in [1.54, 1.807) is 6.20 Å². The zero-order chi connectivity index (χ0) is 21.2. The highest BCUT2D eigenvalue weighted by atomic mass is 19.4. The number of nitro groups is 1. The molecule has 0 aliphatic rings. The summed E-state index contributed by atoms with van der Waals surface area (Å²) in [6, 6.07) is 8.66. The number of hydrogen-bond acceptors (Lipinski definition) is 5. The topological polar surface area (TPSA) is 101 Å². The SMILES string of the molecule is CC(=O)c1ccc(NCc2c[nH]nc2-c2ccc(C(F)(F)F)cc2)c([N+](=O)[O-])c1. The Balaban J connectivity index is 1.83. The van der Waals surface area contributed by atoms with Crippen molar-refractivity contribution in [1.82, 2.24) is 10.2 Å². The molecule has 3 rings (SSSR count). The Hall–Kier alpha value is -3.69. The van der Waals surface area contributed by atoms with Crippen LogP contribution in [-0.2, 0) is 12.7 Å². The van der Waals surface area contributed by atoms with Crippen molar-refractivity contribution < 1.29 is 22.9 Å². The number of rotatable bonds is 6. The van der Waals surface area contributed by atoms with E-state index in [1.165, 1.54) is 37.3 Å². The molecule has 0 atom stereocenters. The van der Waals surface area contributed by atoms with E-state index in [0.717, 1.165) is 12.1 Å². The number of H-pyrrole nitrogens is 1. The lowest BCUT2D eigenvalue weighted by Crippen LogP contribution is -2.05. The molecular weight excluding hydrogens is 389 g/mol. The second-order valence-electron chi connectivity index (χ2n) is 6.23. The third-order valence-electron chi connectivity index (χ3n) is 4.28. The highest BCUT2D eigenvalue weighted by Gasteiger charge is 2.30. The maximum atomic E-state index is 12.7. The predicted octanol–water partition coefficient (Wildman–Crippen LogP) is 4.82. The molecule has 0 amide bonds. The van der Waals surface area contributed by atoms with Gasteiger partial charge in [-0.25, -0.2) is 0 Å². The number of hydrogen-bond donors (Lipinski definition) is 2. The zero-order valence-corrected chi connectivity index (χ0v) is 15.1. The van der Waals surface area contributed by atoms with Gasteiger partial charge in [0.05, 0.1) is 16.2 Å². The van der Waals surface area contributed by atoms with E-state index >= 15 is 0 Å². The summed E-state index contributed by atoms with van der Waals surface area (Å²) in [5.41, 5.74) is 0.909. The van der Waals surface area contributed by atoms with Crippen LogP contribution in [-0.4, -0.2) is 20.9 Å². The monoisotopic (exact) mass is 404 g/mol. The molecule has 0 spiro atoms. The van der Waals surface area contributed by atoms with Crippen LogP contribution in [0.1, 0.15) is 28.4 Å². The maximum absolute atomic E-state index is 12.7. The number of nitrogens with one attached hydrogen (secondary N) is 2. The normalized spacial score (nSPS) is 11.3. The van der Waals surface area contributed by atoms with E-state index in [4.69, 9.17) is 0 Å². The largest absolute Gasteiger partial charge is 0.416 e. The molecule has 0 saturated heterocycles. The Kier molecular flexibility index (Phi) is 5.35. The molecule has 0 aliphatic carbocycles. The van der Waals surface area contributed by atoms with E-state index in [9.17, 15) is 28.1 Å². The van der Waals surface area contributed by atoms with Gasteiger partial charge in [0.1, 0.15) is 5.69 Å². The number of Topliss-reactive ketones (excluding diaryl/α,β-unsaturated/α-hetero) is 1. The minimum Gasteiger partial charge on any atom is -0.375 e. The number of alkyl halides is 3. The molecule has 150 valence electrons. The van der Waals surface area contributed by atoms with Crippen LogP contribution in [0.15, 0.2) is 48.7 Å². The van der Waals surface area contributed by atoms with E-state index < -0.39 is 16.7 Å². The van der Waals surface area contributed by atoms with Crippen molar-refractivity contribution in [3.63, 3.8) is 0 Å². The molecular formula is C19H15F3N4O3. The van der Waals surface area contributed by atoms with Crippen molar-refractivity contribution in [3.05, 3.63) is 75.5 Å². The number of carbonyl (C=O) groups is 1. The molecule has 0 unspecified atom stereocenters. The van der Waals surface area contributed by atoms with E-state index in [0.29, 0.717) is 16.8 Å². The lowest BCUT2D eigenvalue weighted by atomic mass is 10.1. The van der Waals surface area contributed by atoms with Crippen LogP contribution in [0, 0.1) is 10.1 Å². The molecule has 0 radical (unpaired) electrons. The second-order valence-corrected chi connectivity index (χ2v) is 6.23. The molecule has 0 fully saturated rings. The van der Waals surface area contributed by atoms with Crippen molar-refractivity contribution >= 4 is 17.2 Å². The van der Waals surface area contributed by atoms with E-state index in [2.05, 4.69) is 15.5 Å². The molecule has 10 heteroatoms. The fourth-order valence-corrected chi connectivity index (χ4v) is 2.76. The van der Waals surface area contributed by atoms with Gasteiger partial charge in [-0.3, -0.25) is 20.0 Å². The molecule has 29 heavy (non-hydrogen) atoms. The number of ketones is 1. The van der Waals surface area contributed by atoms with Gasteiger partial charge in [0.25, 0.3) is 5.69 Å². The minimum absolute atomic E-state index is 0.132. The first kappa shape index (κ1) is 20.1. The average Bonchev–Trinajstić information content (AvgIpc) is 3.14. The number of carbonyl (C=O) groups excluding carboxylic acids is 1. The molecule has 1 heterocycles. The van der Waals surface area contributed by atoms with Gasteiger partial charge >= 0.3 is 6.18 Å². The highest BCUT2D eigenvalue weighted by molar-refractivity contribution is 5.95. The van der Waals surface area contributed by atoms with Gasteiger partial charge < -0.3 is 5.32 Å². The van der Waals surface area contributed by atoms with Gasteiger partial charge in [-0.1, -0.05) is 12.1 Å². The Morgan fingerprint density at radius 2 is 1.90 bits per heavy atom. The average molecular weight is 404 g/mol. The summed E-state index contributed by atoms with van der Waals surface area (Å²) in [5.74, 6) is -0.293. The lowest BCUT2D eigenvalue weighted by molar-refractivity contribution is -0.384. The van der Waals surface area contributed by atoms with Crippen LogP contribution in [0.5, 0.6) is 0 Å². The Labute approximate surface area is 162 Å². The summed E-state index contributed by atoms with van der Waals surface area (Å²) in [4.78, 5) is 22.1. The van der Waals surface area contributed by atoms with Crippen LogP contribution in [0.3, 0.4) is 0 Å². The molecule has 2 aromatic carbocycles. The lowest BCUT2D eigenvalue weighted by Gasteiger charge is -2.09. The Morgan fingerprint density at radius 3 is 2.48 bits per heavy atom. The molecule has 0 bridgehead atoms. The number of benzene rings is 2. The van der Waals surface area contributed by atoms with Crippen molar-refractivity contribution in [2.45, 2.75) is 19.6 Å². The third-order valence-corrected chi connectivity index (χ3v) is 4.28. The quantitative estimate of drug-likeness (QED) is 0.349. The van der Waals surface area contributed by atoms with E-state index in [-0.39, 0.29) is 29.3 Å². The maximum Gasteiger partial charge on any atom is 0.416 e.